The zero-order valence-corrected chi connectivity index (χ0v) is 49.8. The van der Waals surface area contributed by atoms with Crippen LogP contribution in [0.15, 0.2) is 121 Å². The van der Waals surface area contributed by atoms with E-state index in [2.05, 4.69) is 20.1 Å². The largest absolute Gasteiger partial charge is 0.494 e. The molecule has 0 aliphatic heterocycles. The summed E-state index contributed by atoms with van der Waals surface area (Å²) >= 11 is 1.54. The highest BCUT2D eigenvalue weighted by Crippen LogP contribution is 2.36. The van der Waals surface area contributed by atoms with Gasteiger partial charge in [-0.25, -0.2) is 19.6 Å². The summed E-state index contributed by atoms with van der Waals surface area (Å²) < 4.78 is 46.4. The van der Waals surface area contributed by atoms with Crippen molar-refractivity contribution in [3.63, 3.8) is 0 Å². The molecule has 2 fully saturated rings. The summed E-state index contributed by atoms with van der Waals surface area (Å²) in [6, 6.07) is 26.7. The van der Waals surface area contributed by atoms with E-state index in [9.17, 15) is 28.8 Å². The maximum atomic E-state index is 14.0. The molecule has 5 aromatic rings. The number of para-hydroxylation sites is 1. The van der Waals surface area contributed by atoms with Crippen LogP contribution >= 0.6 is 11.3 Å². The minimum absolute atomic E-state index is 0.244. The molecule has 0 radical (unpaired) electrons. The first-order valence-corrected chi connectivity index (χ1v) is 31.0. The zero-order valence-electron chi connectivity index (χ0n) is 49.0. The molecule has 0 unspecified atom stereocenters. The summed E-state index contributed by atoms with van der Waals surface area (Å²) in [7, 11) is 0. The van der Waals surface area contributed by atoms with Crippen LogP contribution in [0.1, 0.15) is 147 Å². The second kappa shape index (κ2) is 35.4. The predicted octanol–water partition coefficient (Wildman–Crippen LogP) is 14.1. The molecule has 2 aliphatic carbocycles. The smallest absolute Gasteiger partial charge is 0.330 e. The Morgan fingerprint density at radius 1 is 0.518 bits per heavy atom. The third-order valence-electron chi connectivity index (χ3n) is 15.0. The van der Waals surface area contributed by atoms with Gasteiger partial charge in [-0.2, -0.15) is 5.10 Å². The van der Waals surface area contributed by atoms with Gasteiger partial charge in [0, 0.05) is 24.3 Å². The topological polar surface area (TPSA) is 205 Å². The minimum atomic E-state index is -0.464. The van der Waals surface area contributed by atoms with Crippen LogP contribution in [0.2, 0.25) is 0 Å². The number of anilines is 1. The number of rotatable bonds is 35. The van der Waals surface area contributed by atoms with Crippen LogP contribution in [0.4, 0.5) is 5.13 Å². The number of thiazole rings is 1. The lowest BCUT2D eigenvalue weighted by atomic mass is 9.82. The number of ether oxygens (including phenoxy) is 8. The second-order valence-corrected chi connectivity index (χ2v) is 22.4. The SMILES string of the molecule is C=CC(=O)OCCCCCCOc1ccc(OC(=O)[C@H]2CC[C@H](C(=O)Oc3ccc(OC(=O)[C@H]4CC[C@H](C(=O)Oc5ccc(OCCCCCCOC(=O)C=C)cc5)CC4)c(/C=N/N(CCCCCCC)c4nc5ccccc5s4)c3)CC2)cc1. The number of aromatic nitrogens is 1. The summed E-state index contributed by atoms with van der Waals surface area (Å²) in [4.78, 5) is 81.6. The van der Waals surface area contributed by atoms with Crippen LogP contribution in [0.5, 0.6) is 34.5 Å². The van der Waals surface area contributed by atoms with E-state index < -0.39 is 35.7 Å². The first-order chi connectivity index (χ1) is 41.5. The Hall–Kier alpha value is -7.86. The fourth-order valence-corrected chi connectivity index (χ4v) is 11.0. The highest BCUT2D eigenvalue weighted by Gasteiger charge is 2.34. The standard InChI is InChI=1S/C67H81N3O14S/c1-4-7-8-9-16-41-70(67-69-58-21-14-15-22-60(58)85-67)68-47-52-46-57(83-65(75)50-25-23-48(24-26-50)63(73)81-55-35-31-53(32-36-55)77-42-17-10-12-19-44-79-61(71)5-2)39-40-59(52)84-66(76)51-29-27-49(28-30-51)64(74)82-56-37-33-54(34-38-56)78-43-18-11-13-20-45-80-62(72)6-3/h5-6,14-15,21-22,31-40,46-51H,2-4,7-13,16-20,23-30,41-45H2,1H3/b68-47+/t48-,49-,50-,51-. The molecular weight excluding hydrogens is 1100 g/mol. The van der Waals surface area contributed by atoms with Crippen LogP contribution in [-0.4, -0.2) is 80.0 Å². The maximum Gasteiger partial charge on any atom is 0.330 e. The first kappa shape index (κ1) is 64.7. The molecule has 85 heavy (non-hydrogen) atoms. The fraction of sp³-hybridized carbons (Fsp3) is 0.463. The number of unbranched alkanes of at least 4 members (excludes halogenated alkanes) is 10. The van der Waals surface area contributed by atoms with Gasteiger partial charge in [0.25, 0.3) is 0 Å². The van der Waals surface area contributed by atoms with Crippen molar-refractivity contribution in [2.75, 3.05) is 38.0 Å². The van der Waals surface area contributed by atoms with Gasteiger partial charge in [0.05, 0.1) is 66.5 Å². The molecule has 0 bridgehead atoms. The molecule has 454 valence electrons. The third kappa shape index (κ3) is 21.9. The van der Waals surface area contributed by atoms with Crippen molar-refractivity contribution in [2.24, 2.45) is 28.8 Å². The summed E-state index contributed by atoms with van der Waals surface area (Å²) in [5, 5.41) is 7.55. The number of carbonyl (C=O) groups excluding carboxylic acids is 6. The Kier molecular flexibility index (Phi) is 27.0. The molecule has 1 aromatic heterocycles. The summed E-state index contributed by atoms with van der Waals surface area (Å²) in [6.07, 6.45) is 19.7. The van der Waals surface area contributed by atoms with Crippen molar-refractivity contribution < 1.29 is 66.7 Å². The number of carbonyl (C=O) groups is 6. The van der Waals surface area contributed by atoms with Crippen molar-refractivity contribution in [1.82, 2.24) is 4.98 Å². The first-order valence-electron chi connectivity index (χ1n) is 30.2. The maximum absolute atomic E-state index is 14.0. The Bertz CT molecular complexity index is 2950. The highest BCUT2D eigenvalue weighted by atomic mass is 32.1. The average molecular weight is 1180 g/mol. The van der Waals surface area contributed by atoms with Crippen molar-refractivity contribution in [1.29, 1.82) is 0 Å². The Morgan fingerprint density at radius 3 is 1.42 bits per heavy atom. The van der Waals surface area contributed by atoms with Gasteiger partial charge in [0.15, 0.2) is 0 Å². The summed E-state index contributed by atoms with van der Waals surface area (Å²) in [6.45, 7) is 11.4. The van der Waals surface area contributed by atoms with Gasteiger partial charge < -0.3 is 37.9 Å². The van der Waals surface area contributed by atoms with Crippen molar-refractivity contribution in [2.45, 2.75) is 142 Å². The molecule has 2 saturated carbocycles. The number of esters is 6. The summed E-state index contributed by atoms with van der Waals surface area (Å²) in [5.74, 6) is -1.39. The molecule has 17 nitrogen and oxygen atoms in total. The van der Waals surface area contributed by atoms with E-state index in [0.29, 0.717) is 113 Å². The van der Waals surface area contributed by atoms with Crippen molar-refractivity contribution in [3.05, 3.63) is 122 Å². The van der Waals surface area contributed by atoms with Crippen LogP contribution in [0, 0.1) is 23.7 Å². The molecule has 0 amide bonds. The highest BCUT2D eigenvalue weighted by molar-refractivity contribution is 7.22. The van der Waals surface area contributed by atoms with Gasteiger partial charge in [-0.1, -0.05) is 69.2 Å². The van der Waals surface area contributed by atoms with Gasteiger partial charge in [-0.3, -0.25) is 19.2 Å². The molecule has 1 heterocycles. The molecule has 0 saturated heterocycles. The third-order valence-corrected chi connectivity index (χ3v) is 16.1. The number of hydrogen-bond donors (Lipinski definition) is 0. The Labute approximate surface area is 503 Å². The van der Waals surface area contributed by atoms with E-state index >= 15 is 0 Å². The van der Waals surface area contributed by atoms with E-state index in [1.807, 2.05) is 29.3 Å². The van der Waals surface area contributed by atoms with E-state index in [4.69, 9.17) is 48.0 Å². The number of fused-ring (bicyclic) bond motifs is 1. The quantitative estimate of drug-likeness (QED) is 0.00924. The fourth-order valence-electron chi connectivity index (χ4n) is 10.0. The van der Waals surface area contributed by atoms with Gasteiger partial charge in [-0.15, -0.1) is 0 Å². The van der Waals surface area contributed by atoms with Gasteiger partial charge >= 0.3 is 35.8 Å². The van der Waals surface area contributed by atoms with Crippen molar-refractivity contribution >= 4 is 68.7 Å². The average Bonchev–Trinajstić information content (AvgIpc) is 4.18. The molecule has 0 N–H and O–H groups in total. The lowest BCUT2D eigenvalue weighted by Crippen LogP contribution is -2.30. The molecule has 0 spiro atoms. The summed E-state index contributed by atoms with van der Waals surface area (Å²) in [5.41, 5.74) is 1.29. The van der Waals surface area contributed by atoms with E-state index in [1.165, 1.54) is 0 Å². The molecule has 4 aromatic carbocycles. The van der Waals surface area contributed by atoms with Crippen molar-refractivity contribution in [3.8, 4) is 34.5 Å². The van der Waals surface area contributed by atoms with Crippen LogP contribution in [0.3, 0.4) is 0 Å². The number of hydrogen-bond acceptors (Lipinski definition) is 18. The van der Waals surface area contributed by atoms with Gasteiger partial charge in [0.1, 0.15) is 34.5 Å². The number of hydrazone groups is 1. The number of benzene rings is 4. The zero-order chi connectivity index (χ0) is 60.0. The Balaban J connectivity index is 0.916. The second-order valence-electron chi connectivity index (χ2n) is 21.4. The monoisotopic (exact) mass is 1180 g/mol. The number of nitrogens with zero attached hydrogens (tertiary/aromatic N) is 3. The molecule has 2 aliphatic rings. The van der Waals surface area contributed by atoms with E-state index in [0.717, 1.165) is 111 Å². The van der Waals surface area contributed by atoms with Crippen LogP contribution < -0.4 is 33.4 Å². The molecule has 18 heteroatoms. The van der Waals surface area contributed by atoms with E-state index in [1.54, 1.807) is 84.3 Å². The Morgan fingerprint density at radius 2 is 0.941 bits per heavy atom. The lowest BCUT2D eigenvalue weighted by molar-refractivity contribution is -0.145. The normalized spacial score (nSPS) is 16.6. The predicted molar refractivity (Wildman–Crippen MR) is 326 cm³/mol. The minimum Gasteiger partial charge on any atom is -0.494 e. The molecular formula is C67H81N3O14S. The van der Waals surface area contributed by atoms with Crippen LogP contribution in [0.25, 0.3) is 10.2 Å². The van der Waals surface area contributed by atoms with Gasteiger partial charge in [-0.05, 0) is 188 Å². The van der Waals surface area contributed by atoms with Crippen LogP contribution in [-0.2, 0) is 38.2 Å². The van der Waals surface area contributed by atoms with Gasteiger partial charge in [0.2, 0.25) is 5.13 Å². The molecule has 7 rings (SSSR count). The van der Waals surface area contributed by atoms with E-state index in [-0.39, 0.29) is 35.3 Å². The lowest BCUT2D eigenvalue weighted by Gasteiger charge is -2.26. The molecule has 0 atom stereocenters.